The van der Waals surface area contributed by atoms with Crippen LogP contribution in [0, 0.1) is 0 Å². The zero-order valence-electron chi connectivity index (χ0n) is 50.8. The highest BCUT2D eigenvalue weighted by molar-refractivity contribution is 7.01. The van der Waals surface area contributed by atoms with Gasteiger partial charge < -0.3 is 14.2 Å². The van der Waals surface area contributed by atoms with Crippen LogP contribution in [0.25, 0.3) is 27.6 Å². The number of hydrogen-bond acceptors (Lipinski definition) is 4. The van der Waals surface area contributed by atoms with Crippen molar-refractivity contribution in [1.29, 1.82) is 0 Å². The molecule has 0 unspecified atom stereocenters. The van der Waals surface area contributed by atoms with Crippen LogP contribution < -0.4 is 31.3 Å². The largest absolute Gasteiger partial charge is 0.468 e. The third kappa shape index (κ3) is 8.08. The maximum absolute atomic E-state index is 7.92. The molecule has 3 aliphatic carbocycles. The van der Waals surface area contributed by atoms with Crippen LogP contribution in [0.3, 0.4) is 0 Å². The van der Waals surface area contributed by atoms with Gasteiger partial charge in [-0.3, -0.25) is 9.47 Å². The summed E-state index contributed by atoms with van der Waals surface area (Å²) in [5.41, 5.74) is 23.9. The molecule has 5 aliphatic rings. The van der Waals surface area contributed by atoms with Gasteiger partial charge in [0.05, 0.1) is 22.6 Å². The molecule has 8 aromatic carbocycles. The van der Waals surface area contributed by atoms with E-state index in [1.807, 2.05) is 0 Å². The van der Waals surface area contributed by atoms with Crippen molar-refractivity contribution in [2.45, 2.75) is 155 Å². The average molecular weight is 1080 g/mol. The topological polar surface area (TPSA) is 27.8 Å². The Hall–Kier alpha value is -7.70. The van der Waals surface area contributed by atoms with Gasteiger partial charge in [0.1, 0.15) is 11.4 Å². The van der Waals surface area contributed by atoms with Gasteiger partial charge in [0.25, 0.3) is 6.71 Å². The van der Waals surface area contributed by atoms with E-state index in [2.05, 4.69) is 292 Å². The Kier molecular flexibility index (Phi) is 11.4. The van der Waals surface area contributed by atoms with Crippen LogP contribution in [0.2, 0.25) is 0 Å². The Bertz CT molecular complexity index is 4110. The summed E-state index contributed by atoms with van der Waals surface area (Å²) in [4.78, 5) is 7.68. The summed E-state index contributed by atoms with van der Waals surface area (Å²) in [7, 11) is 0. The van der Waals surface area contributed by atoms with Crippen molar-refractivity contribution in [2.75, 3.05) is 14.7 Å². The fraction of sp³-hybridized carbons (Fsp3) is 0.316. The van der Waals surface area contributed by atoms with Gasteiger partial charge in [-0.25, -0.2) is 0 Å². The van der Waals surface area contributed by atoms with Crippen molar-refractivity contribution >= 4 is 96.5 Å². The molecular weight excluding hydrogens is 996 g/mol. The fourth-order valence-corrected chi connectivity index (χ4v) is 14.5. The van der Waals surface area contributed by atoms with E-state index >= 15 is 0 Å². The first-order valence-electron chi connectivity index (χ1n) is 30.2. The highest BCUT2D eigenvalue weighted by Gasteiger charge is 2.52. The monoisotopic (exact) mass is 1070 g/mol. The summed E-state index contributed by atoms with van der Waals surface area (Å²) in [5, 5.41) is 2.43. The Morgan fingerprint density at radius 1 is 0.427 bits per heavy atom. The maximum Gasteiger partial charge on any atom is 0.299 e. The van der Waals surface area contributed by atoms with E-state index in [0.717, 1.165) is 68.2 Å². The Morgan fingerprint density at radius 2 is 0.866 bits per heavy atom. The Morgan fingerprint density at radius 3 is 1.35 bits per heavy atom. The molecule has 0 N–H and O–H groups in total. The molecule has 15 rings (SSSR count). The second-order valence-electron chi connectivity index (χ2n) is 29.3. The van der Waals surface area contributed by atoms with Gasteiger partial charge >= 0.3 is 0 Å². The summed E-state index contributed by atoms with van der Waals surface area (Å²) < 4.78 is 10.5. The molecule has 2 aliphatic heterocycles. The van der Waals surface area contributed by atoms with E-state index in [-0.39, 0.29) is 39.2 Å². The lowest BCUT2D eigenvalue weighted by molar-refractivity contribution is 0.188. The lowest BCUT2D eigenvalue weighted by atomic mass is 9.35. The molecule has 2 bridgehead atoms. The molecule has 0 atom stereocenters. The summed E-state index contributed by atoms with van der Waals surface area (Å²) in [5.74, 6) is 1.13. The van der Waals surface area contributed by atoms with Gasteiger partial charge in [0, 0.05) is 45.2 Å². The smallest absolute Gasteiger partial charge is 0.299 e. The van der Waals surface area contributed by atoms with E-state index < -0.39 is 0 Å². The first-order valence-corrected chi connectivity index (χ1v) is 30.2. The molecule has 0 spiro atoms. The van der Waals surface area contributed by atoms with E-state index in [9.17, 15) is 0 Å². The van der Waals surface area contributed by atoms with Crippen molar-refractivity contribution < 1.29 is 4.42 Å². The van der Waals surface area contributed by atoms with Gasteiger partial charge in [-0.05, 0) is 205 Å². The summed E-state index contributed by atoms with van der Waals surface area (Å²) in [6.45, 7) is 32.6. The maximum atomic E-state index is 7.92. The minimum atomic E-state index is -0.290. The lowest BCUT2D eigenvalue weighted by Gasteiger charge is -2.52. The second kappa shape index (κ2) is 17.9. The highest BCUT2D eigenvalue weighted by Crippen LogP contribution is 2.59. The standard InChI is InChI=1S/C76H79BN4O/c1-71(2,3)48-25-32-54(33-26-48)79-63-44-57(78(52-21-17-15-18-22-52)53-23-19-16-20-24-53)45-64-67(63)77(69-68(79)59-46-60-61(47-65(59)82-69)76(14)41-39-75(60,13)40-42-76)66-58-43-51(74(10,11)12)31-38-62(58)80(55-34-27-49(28-35-55)72(4,5)6)70(66)81(64)56-36-29-50(30-37-56)73(7,8)9/h15-38,43-47H,39-42H2,1-14H3. The van der Waals surface area contributed by atoms with Crippen molar-refractivity contribution in [3.05, 3.63) is 209 Å². The van der Waals surface area contributed by atoms with Crippen molar-refractivity contribution in [3.8, 4) is 5.69 Å². The summed E-state index contributed by atoms with van der Waals surface area (Å²) >= 11 is 0. The fourth-order valence-electron chi connectivity index (χ4n) is 14.5. The summed E-state index contributed by atoms with van der Waals surface area (Å²) in [6, 6.07) is 67.6. The molecule has 1 saturated carbocycles. The molecule has 0 saturated heterocycles. The van der Waals surface area contributed by atoms with Crippen LogP contribution >= 0.6 is 0 Å². The second-order valence-corrected chi connectivity index (χ2v) is 29.3. The molecule has 82 heavy (non-hydrogen) atoms. The Balaban J connectivity index is 1.18. The average Bonchev–Trinajstić information content (AvgIpc) is 2.45. The number of hydrogen-bond donors (Lipinski definition) is 0. The normalized spacial score (nSPS) is 18.4. The van der Waals surface area contributed by atoms with E-state index in [4.69, 9.17) is 4.42 Å². The number of benzene rings is 8. The van der Waals surface area contributed by atoms with Crippen LogP contribution in [-0.4, -0.2) is 11.3 Å². The SMILES string of the molecule is CC(C)(C)c1ccc(N2c3cc(N(c4ccccc4)c4ccccc4)cc4c3B(c3oc5cc6c(cc5c32)C2(C)CCC6(C)CC2)c2c(n(-c3ccc(C(C)(C)C)cc3)c3ccc(C(C)(C)C)cc23)N4c2ccc(C(C)(C)C)cc2)cc1. The third-order valence-electron chi connectivity index (χ3n) is 19.6. The van der Waals surface area contributed by atoms with Gasteiger partial charge in [0.2, 0.25) is 0 Å². The number of para-hydroxylation sites is 2. The highest BCUT2D eigenvalue weighted by atomic mass is 16.3. The zero-order valence-corrected chi connectivity index (χ0v) is 50.8. The van der Waals surface area contributed by atoms with E-state index in [0.29, 0.717) is 0 Å². The first-order chi connectivity index (χ1) is 38.9. The van der Waals surface area contributed by atoms with Crippen molar-refractivity contribution in [2.24, 2.45) is 0 Å². The quantitative estimate of drug-likeness (QED) is 0.155. The molecule has 1 fully saturated rings. The van der Waals surface area contributed by atoms with Crippen LogP contribution in [-0.2, 0) is 32.5 Å². The number of fused-ring (bicyclic) bond motifs is 10. The van der Waals surface area contributed by atoms with Crippen molar-refractivity contribution in [3.63, 3.8) is 0 Å². The van der Waals surface area contributed by atoms with Gasteiger partial charge in [-0.1, -0.05) is 176 Å². The van der Waals surface area contributed by atoms with E-state index in [1.54, 1.807) is 0 Å². The third-order valence-corrected chi connectivity index (χ3v) is 19.6. The van der Waals surface area contributed by atoms with E-state index in [1.165, 1.54) is 86.3 Å². The van der Waals surface area contributed by atoms with Gasteiger partial charge in [-0.2, -0.15) is 0 Å². The summed E-state index contributed by atoms with van der Waals surface area (Å²) in [6.07, 6.45) is 4.82. The van der Waals surface area contributed by atoms with Crippen molar-refractivity contribution in [1.82, 2.24) is 4.57 Å². The molecule has 0 amide bonds. The number of nitrogens with zero attached hydrogens (tertiary/aromatic N) is 4. The number of furan rings is 1. The zero-order chi connectivity index (χ0) is 57.2. The minimum Gasteiger partial charge on any atom is -0.468 e. The molecule has 2 aromatic heterocycles. The molecule has 4 heterocycles. The molecule has 6 heteroatoms. The van der Waals surface area contributed by atoms with Crippen LogP contribution in [0.4, 0.5) is 51.3 Å². The molecule has 5 nitrogen and oxygen atoms in total. The molecule has 10 aromatic rings. The molecular formula is C76H79BN4O. The lowest BCUT2D eigenvalue weighted by Crippen LogP contribution is -2.61. The predicted molar refractivity (Wildman–Crippen MR) is 350 cm³/mol. The van der Waals surface area contributed by atoms with Crippen LogP contribution in [0.1, 0.15) is 156 Å². The van der Waals surface area contributed by atoms with Crippen LogP contribution in [0.15, 0.2) is 180 Å². The number of aromatic nitrogens is 1. The predicted octanol–water partition coefficient (Wildman–Crippen LogP) is 19.2. The number of anilines is 9. The minimum absolute atomic E-state index is 0.0133. The van der Waals surface area contributed by atoms with Gasteiger partial charge in [-0.15, -0.1) is 0 Å². The van der Waals surface area contributed by atoms with Gasteiger partial charge in [0.15, 0.2) is 0 Å². The van der Waals surface area contributed by atoms with Crippen LogP contribution in [0.5, 0.6) is 0 Å². The molecule has 0 radical (unpaired) electrons. The molecule has 412 valence electrons. The number of rotatable bonds is 6. The first kappa shape index (κ1) is 52.4. The Labute approximate surface area is 487 Å².